The van der Waals surface area contributed by atoms with Crippen LogP contribution in [0.1, 0.15) is 91.5 Å². The first-order valence-electron chi connectivity index (χ1n) is 16.3. The van der Waals surface area contributed by atoms with Gasteiger partial charge in [0, 0.05) is 12.0 Å². The van der Waals surface area contributed by atoms with Crippen molar-refractivity contribution in [3.63, 3.8) is 0 Å². The summed E-state index contributed by atoms with van der Waals surface area (Å²) in [5, 5.41) is 37.3. The van der Waals surface area contributed by atoms with E-state index in [1.165, 1.54) is 12.8 Å². The third kappa shape index (κ3) is 3.48. The minimum absolute atomic E-state index is 0.0568. The van der Waals surface area contributed by atoms with Crippen LogP contribution in [-0.4, -0.2) is 51.7 Å². The van der Waals surface area contributed by atoms with Crippen molar-refractivity contribution in [3.05, 3.63) is 35.9 Å². The highest BCUT2D eigenvalue weighted by molar-refractivity contribution is 5.81. The van der Waals surface area contributed by atoms with E-state index in [0.29, 0.717) is 30.2 Å². The zero-order valence-electron chi connectivity index (χ0n) is 25.6. The second-order valence-electron chi connectivity index (χ2n) is 16.2. The molecule has 13 atom stereocenters. The quantitative estimate of drug-likeness (QED) is 0.419. The van der Waals surface area contributed by atoms with Gasteiger partial charge >= 0.3 is 0 Å². The molecule has 6 aliphatic rings. The van der Waals surface area contributed by atoms with E-state index in [9.17, 15) is 20.1 Å². The second-order valence-corrected chi connectivity index (χ2v) is 16.2. The Balaban J connectivity index is 1.13. The van der Waals surface area contributed by atoms with Crippen LogP contribution in [0.3, 0.4) is 0 Å². The molecule has 1 heterocycles. The molecule has 226 valence electrons. The SMILES string of the molecule is C[C@@H]1CC(C(O)C(=O)NCc2ccccc2)OC2[C@H]1C1(C)CCC34CC35CCC(O)C(C)(C)[C@@H]5CCC4[C@]1(C)[C@H]2O. The highest BCUT2D eigenvalue weighted by Gasteiger charge is 2.84. The number of aliphatic hydroxyl groups is 3. The third-order valence-electron chi connectivity index (χ3n) is 14.7. The normalized spacial score (nSPS) is 51.7. The molecule has 8 unspecified atom stereocenters. The molecule has 1 saturated heterocycles. The predicted molar refractivity (Wildman–Crippen MR) is 156 cm³/mol. The second kappa shape index (κ2) is 9.03. The van der Waals surface area contributed by atoms with Crippen molar-refractivity contribution in [3.8, 4) is 0 Å². The average Bonchev–Trinajstić information content (AvgIpc) is 3.59. The zero-order valence-corrected chi connectivity index (χ0v) is 25.6. The molecule has 1 aromatic carbocycles. The Labute approximate surface area is 245 Å². The summed E-state index contributed by atoms with van der Waals surface area (Å²) >= 11 is 0. The Hall–Kier alpha value is -1.47. The van der Waals surface area contributed by atoms with Crippen LogP contribution in [0.25, 0.3) is 0 Å². The van der Waals surface area contributed by atoms with E-state index in [1.807, 2.05) is 30.3 Å². The van der Waals surface area contributed by atoms with Crippen LogP contribution < -0.4 is 5.32 Å². The number of benzene rings is 1. The number of ether oxygens (including phenoxy) is 1. The first kappa shape index (κ1) is 28.3. The molecule has 7 rings (SSSR count). The van der Waals surface area contributed by atoms with Gasteiger partial charge in [0.15, 0.2) is 6.10 Å². The molecule has 6 fully saturated rings. The molecule has 5 aliphatic carbocycles. The zero-order chi connectivity index (χ0) is 29.2. The van der Waals surface area contributed by atoms with Gasteiger partial charge in [-0.3, -0.25) is 4.79 Å². The molecule has 41 heavy (non-hydrogen) atoms. The Morgan fingerprint density at radius 3 is 2.41 bits per heavy atom. The first-order chi connectivity index (χ1) is 19.3. The van der Waals surface area contributed by atoms with Crippen molar-refractivity contribution in [1.82, 2.24) is 5.32 Å². The van der Waals surface area contributed by atoms with Crippen LogP contribution in [-0.2, 0) is 16.1 Å². The maximum Gasteiger partial charge on any atom is 0.251 e. The highest BCUT2D eigenvalue weighted by Crippen LogP contribution is 2.89. The Bertz CT molecular complexity index is 1200. The monoisotopic (exact) mass is 565 g/mol. The Morgan fingerprint density at radius 2 is 1.68 bits per heavy atom. The van der Waals surface area contributed by atoms with E-state index in [2.05, 4.69) is 39.9 Å². The van der Waals surface area contributed by atoms with E-state index in [1.54, 1.807) is 0 Å². The number of amides is 1. The lowest BCUT2D eigenvalue weighted by Crippen LogP contribution is -2.59. The van der Waals surface area contributed by atoms with Crippen molar-refractivity contribution in [2.24, 2.45) is 50.7 Å². The van der Waals surface area contributed by atoms with E-state index >= 15 is 0 Å². The lowest BCUT2D eigenvalue weighted by atomic mass is 9.41. The number of rotatable bonds is 4. The number of hydrogen-bond acceptors (Lipinski definition) is 5. The van der Waals surface area contributed by atoms with Gasteiger partial charge in [-0.05, 0) is 102 Å². The van der Waals surface area contributed by atoms with Crippen molar-refractivity contribution >= 4 is 5.91 Å². The molecule has 1 aromatic rings. The summed E-state index contributed by atoms with van der Waals surface area (Å²) in [4.78, 5) is 13.0. The number of fused-ring (bicyclic) bond motifs is 4. The topological polar surface area (TPSA) is 99.0 Å². The van der Waals surface area contributed by atoms with Gasteiger partial charge in [0.25, 0.3) is 5.91 Å². The average molecular weight is 566 g/mol. The largest absolute Gasteiger partial charge is 0.393 e. The number of hydrogen-bond donors (Lipinski definition) is 4. The number of carbonyl (C=O) groups is 1. The molecule has 0 aromatic heterocycles. The number of carbonyl (C=O) groups excluding carboxylic acids is 1. The summed E-state index contributed by atoms with van der Waals surface area (Å²) in [7, 11) is 0. The van der Waals surface area contributed by atoms with Crippen molar-refractivity contribution < 1.29 is 24.9 Å². The van der Waals surface area contributed by atoms with Gasteiger partial charge in [0.1, 0.15) is 0 Å². The van der Waals surface area contributed by atoms with Gasteiger partial charge in [-0.1, -0.05) is 65.0 Å². The maximum atomic E-state index is 13.0. The van der Waals surface area contributed by atoms with Crippen LogP contribution in [0.5, 0.6) is 0 Å². The Kier molecular flexibility index (Phi) is 6.23. The molecule has 0 radical (unpaired) electrons. The van der Waals surface area contributed by atoms with Crippen LogP contribution >= 0.6 is 0 Å². The molecule has 5 saturated carbocycles. The molecule has 6 heteroatoms. The van der Waals surface area contributed by atoms with Crippen molar-refractivity contribution in [2.45, 2.75) is 123 Å². The van der Waals surface area contributed by atoms with Gasteiger partial charge in [0.2, 0.25) is 0 Å². The standard InChI is InChI=1S/C35H51NO5/c1-20-17-22(27(38)30(40)36-18-21-9-7-6-8-10-21)41-28-26(20)32(4)15-16-35-19-34(35)14-13-25(37)31(2,3)23(34)11-12-24(35)33(32,5)29(28)39/h6-10,20,22-29,37-39H,11-19H2,1-5H3,(H,36,40)/t20-,22?,23+,24?,25?,26+,27?,28?,29+,32?,33-,34?,35?/m1/s1. The van der Waals surface area contributed by atoms with Gasteiger partial charge in [-0.25, -0.2) is 0 Å². The molecule has 1 amide bonds. The summed E-state index contributed by atoms with van der Waals surface area (Å²) in [6.45, 7) is 12.0. The molecule has 2 spiro atoms. The molecule has 4 N–H and O–H groups in total. The molecular weight excluding hydrogens is 514 g/mol. The smallest absolute Gasteiger partial charge is 0.251 e. The summed E-state index contributed by atoms with van der Waals surface area (Å²) in [6, 6.07) is 9.72. The van der Waals surface area contributed by atoms with E-state index in [0.717, 1.165) is 37.7 Å². The van der Waals surface area contributed by atoms with Gasteiger partial charge in [0.05, 0.1) is 24.4 Å². The van der Waals surface area contributed by atoms with Crippen molar-refractivity contribution in [1.29, 1.82) is 0 Å². The number of aliphatic hydroxyl groups excluding tert-OH is 3. The highest BCUT2D eigenvalue weighted by atomic mass is 16.5. The number of nitrogens with one attached hydrogen (secondary N) is 1. The van der Waals surface area contributed by atoms with E-state index < -0.39 is 24.2 Å². The van der Waals surface area contributed by atoms with Crippen LogP contribution in [0.4, 0.5) is 0 Å². The van der Waals surface area contributed by atoms with Crippen molar-refractivity contribution in [2.75, 3.05) is 0 Å². The molecular formula is C35H51NO5. The van der Waals surface area contributed by atoms with Crippen LogP contribution in [0.2, 0.25) is 0 Å². The molecule has 1 aliphatic heterocycles. The summed E-state index contributed by atoms with van der Waals surface area (Å²) in [6.07, 6.45) is 5.31. The summed E-state index contributed by atoms with van der Waals surface area (Å²) < 4.78 is 6.63. The van der Waals surface area contributed by atoms with Gasteiger partial charge < -0.3 is 25.4 Å². The minimum Gasteiger partial charge on any atom is -0.393 e. The summed E-state index contributed by atoms with van der Waals surface area (Å²) in [5.74, 6) is 1.01. The third-order valence-corrected chi connectivity index (χ3v) is 14.7. The minimum atomic E-state index is -1.26. The van der Waals surface area contributed by atoms with E-state index in [4.69, 9.17) is 4.74 Å². The lowest BCUT2D eigenvalue weighted by Gasteiger charge is -2.63. The molecule has 6 nitrogen and oxygen atoms in total. The fourth-order valence-electron chi connectivity index (χ4n) is 12.6. The van der Waals surface area contributed by atoms with Crippen LogP contribution in [0.15, 0.2) is 30.3 Å². The Morgan fingerprint density at radius 1 is 1.00 bits per heavy atom. The predicted octanol–water partition coefficient (Wildman–Crippen LogP) is 4.84. The fourth-order valence-corrected chi connectivity index (χ4v) is 12.6. The molecule has 0 bridgehead atoms. The maximum absolute atomic E-state index is 13.0. The van der Waals surface area contributed by atoms with E-state index in [-0.39, 0.29) is 45.7 Å². The van der Waals surface area contributed by atoms with Gasteiger partial charge in [-0.15, -0.1) is 0 Å². The van der Waals surface area contributed by atoms with Crippen LogP contribution in [0, 0.1) is 50.7 Å². The first-order valence-corrected chi connectivity index (χ1v) is 16.3. The summed E-state index contributed by atoms with van der Waals surface area (Å²) in [5.41, 5.74) is 1.16. The lowest BCUT2D eigenvalue weighted by molar-refractivity contribution is -0.184. The van der Waals surface area contributed by atoms with Gasteiger partial charge in [-0.2, -0.15) is 0 Å². The fraction of sp³-hybridized carbons (Fsp3) is 0.800.